The Balaban J connectivity index is 2.15. The number of ether oxygens (including phenoxy) is 1. The van der Waals surface area contributed by atoms with Crippen molar-refractivity contribution in [3.63, 3.8) is 0 Å². The van der Waals surface area contributed by atoms with Crippen molar-refractivity contribution in [3.05, 3.63) is 0 Å². The van der Waals surface area contributed by atoms with Gasteiger partial charge in [-0.3, -0.25) is 0 Å². The van der Waals surface area contributed by atoms with Crippen LogP contribution in [0.4, 0.5) is 0 Å². The lowest BCUT2D eigenvalue weighted by molar-refractivity contribution is 0.0591. The van der Waals surface area contributed by atoms with Crippen molar-refractivity contribution in [3.8, 4) is 12.3 Å². The monoisotopic (exact) mass is 181 g/mol. The Morgan fingerprint density at radius 3 is 3.08 bits per heavy atom. The first kappa shape index (κ1) is 10.6. The summed E-state index contributed by atoms with van der Waals surface area (Å²) in [5.74, 6) is 2.64. The molecule has 1 aliphatic rings. The fourth-order valence-electron chi connectivity index (χ4n) is 1.89. The van der Waals surface area contributed by atoms with Crippen molar-refractivity contribution >= 4 is 0 Å². The fraction of sp³-hybridized carbons (Fsp3) is 0.818. The molecule has 0 radical (unpaired) electrons. The van der Waals surface area contributed by atoms with Crippen molar-refractivity contribution in [1.82, 2.24) is 5.32 Å². The summed E-state index contributed by atoms with van der Waals surface area (Å²) in [5, 5.41) is 3.46. The highest BCUT2D eigenvalue weighted by molar-refractivity contribution is 4.86. The molecular weight excluding hydrogens is 162 g/mol. The molecule has 2 heteroatoms. The van der Waals surface area contributed by atoms with Crippen LogP contribution in [0, 0.1) is 12.3 Å². The first-order chi connectivity index (χ1) is 6.36. The third-order valence-electron chi connectivity index (χ3n) is 2.66. The predicted molar refractivity (Wildman–Crippen MR) is 54.5 cm³/mol. The van der Waals surface area contributed by atoms with E-state index >= 15 is 0 Å². The summed E-state index contributed by atoms with van der Waals surface area (Å²) in [6.07, 6.45) is 11.4. The van der Waals surface area contributed by atoms with Crippen LogP contribution in [0.25, 0.3) is 0 Å². The molecule has 0 aromatic heterocycles. The van der Waals surface area contributed by atoms with E-state index < -0.39 is 0 Å². The molecule has 1 N–H and O–H groups in total. The highest BCUT2D eigenvalue weighted by atomic mass is 16.5. The molecule has 0 aromatic rings. The van der Waals surface area contributed by atoms with Crippen LogP contribution >= 0.6 is 0 Å². The van der Waals surface area contributed by atoms with Gasteiger partial charge in [0.15, 0.2) is 0 Å². The average molecular weight is 181 g/mol. The fourth-order valence-corrected chi connectivity index (χ4v) is 1.89. The van der Waals surface area contributed by atoms with Gasteiger partial charge in [-0.15, -0.1) is 12.3 Å². The van der Waals surface area contributed by atoms with E-state index in [0.29, 0.717) is 12.1 Å². The summed E-state index contributed by atoms with van der Waals surface area (Å²) in [6.45, 7) is 0.942. The summed E-state index contributed by atoms with van der Waals surface area (Å²) in [7, 11) is 1.80. The smallest absolute Gasteiger partial charge is 0.0586 e. The van der Waals surface area contributed by atoms with Crippen molar-refractivity contribution in [2.75, 3.05) is 13.7 Å². The molecule has 0 saturated heterocycles. The first-order valence-corrected chi connectivity index (χ1v) is 5.06. The van der Waals surface area contributed by atoms with Crippen molar-refractivity contribution in [2.45, 2.75) is 44.2 Å². The molecule has 1 saturated carbocycles. The number of terminal acetylenes is 1. The zero-order valence-corrected chi connectivity index (χ0v) is 8.38. The van der Waals surface area contributed by atoms with Crippen LogP contribution in [-0.2, 0) is 4.74 Å². The molecule has 0 heterocycles. The minimum Gasteiger partial charge on any atom is -0.381 e. The van der Waals surface area contributed by atoms with Crippen LogP contribution < -0.4 is 5.32 Å². The standard InChI is InChI=1S/C11H19NO/c1-3-4-8-12-10-6-5-7-11(9-10)13-2/h1,10-12H,4-9H2,2H3. The van der Waals surface area contributed by atoms with E-state index in [2.05, 4.69) is 11.2 Å². The Morgan fingerprint density at radius 2 is 2.38 bits per heavy atom. The Morgan fingerprint density at radius 1 is 1.54 bits per heavy atom. The molecular formula is C11H19NO. The zero-order valence-electron chi connectivity index (χ0n) is 8.38. The Labute approximate surface area is 81.0 Å². The van der Waals surface area contributed by atoms with E-state index in [1.807, 2.05) is 0 Å². The largest absolute Gasteiger partial charge is 0.381 e. The summed E-state index contributed by atoms with van der Waals surface area (Å²) in [6, 6.07) is 0.618. The molecule has 1 fully saturated rings. The second-order valence-electron chi connectivity index (χ2n) is 3.63. The normalized spacial score (nSPS) is 28.3. The van der Waals surface area contributed by atoms with Crippen molar-refractivity contribution in [2.24, 2.45) is 0 Å². The van der Waals surface area contributed by atoms with Gasteiger partial charge >= 0.3 is 0 Å². The van der Waals surface area contributed by atoms with E-state index in [1.54, 1.807) is 7.11 Å². The summed E-state index contributed by atoms with van der Waals surface area (Å²) < 4.78 is 5.35. The van der Waals surface area contributed by atoms with Crippen molar-refractivity contribution in [1.29, 1.82) is 0 Å². The van der Waals surface area contributed by atoms with Gasteiger partial charge in [0.1, 0.15) is 0 Å². The molecule has 0 amide bonds. The first-order valence-electron chi connectivity index (χ1n) is 5.06. The van der Waals surface area contributed by atoms with Gasteiger partial charge in [0.2, 0.25) is 0 Å². The van der Waals surface area contributed by atoms with E-state index in [4.69, 9.17) is 11.2 Å². The minimum atomic E-state index is 0.456. The lowest BCUT2D eigenvalue weighted by Gasteiger charge is -2.28. The molecule has 13 heavy (non-hydrogen) atoms. The molecule has 2 atom stereocenters. The number of hydrogen-bond donors (Lipinski definition) is 1. The maximum absolute atomic E-state index is 5.35. The average Bonchev–Trinajstić information content (AvgIpc) is 2.19. The van der Waals surface area contributed by atoms with Gasteiger partial charge in [0.05, 0.1) is 6.10 Å². The Hall–Kier alpha value is -0.520. The van der Waals surface area contributed by atoms with Gasteiger partial charge in [0, 0.05) is 26.1 Å². The molecule has 2 unspecified atom stereocenters. The zero-order chi connectivity index (χ0) is 9.52. The SMILES string of the molecule is C#CCCNC1CCCC(OC)C1. The molecule has 0 aromatic carbocycles. The van der Waals surface area contributed by atoms with E-state index in [-0.39, 0.29) is 0 Å². The molecule has 0 bridgehead atoms. The van der Waals surface area contributed by atoms with Gasteiger partial charge in [-0.25, -0.2) is 0 Å². The quantitative estimate of drug-likeness (QED) is 0.525. The van der Waals surface area contributed by atoms with Crippen LogP contribution in [0.2, 0.25) is 0 Å². The van der Waals surface area contributed by atoms with E-state index in [9.17, 15) is 0 Å². The molecule has 74 valence electrons. The highest BCUT2D eigenvalue weighted by Gasteiger charge is 2.20. The van der Waals surface area contributed by atoms with Crippen LogP contribution in [0.15, 0.2) is 0 Å². The van der Waals surface area contributed by atoms with Gasteiger partial charge in [-0.05, 0) is 25.7 Å². The lowest BCUT2D eigenvalue weighted by Crippen LogP contribution is -2.37. The maximum Gasteiger partial charge on any atom is 0.0586 e. The van der Waals surface area contributed by atoms with Crippen LogP contribution in [0.1, 0.15) is 32.1 Å². The summed E-state index contributed by atoms with van der Waals surface area (Å²) >= 11 is 0. The molecule has 0 spiro atoms. The topological polar surface area (TPSA) is 21.3 Å². The third-order valence-corrected chi connectivity index (χ3v) is 2.66. The maximum atomic E-state index is 5.35. The Kier molecular flexibility index (Phi) is 4.88. The number of methoxy groups -OCH3 is 1. The van der Waals surface area contributed by atoms with Gasteiger partial charge < -0.3 is 10.1 Å². The van der Waals surface area contributed by atoms with Gasteiger partial charge in [-0.1, -0.05) is 0 Å². The van der Waals surface area contributed by atoms with Gasteiger partial charge in [-0.2, -0.15) is 0 Å². The minimum absolute atomic E-state index is 0.456. The number of nitrogens with one attached hydrogen (secondary N) is 1. The molecule has 2 nitrogen and oxygen atoms in total. The predicted octanol–water partition coefficient (Wildman–Crippen LogP) is 1.56. The Bertz CT molecular complexity index is 173. The lowest BCUT2D eigenvalue weighted by atomic mass is 9.93. The summed E-state index contributed by atoms with van der Waals surface area (Å²) in [4.78, 5) is 0. The van der Waals surface area contributed by atoms with E-state index in [0.717, 1.165) is 19.4 Å². The number of hydrogen-bond acceptors (Lipinski definition) is 2. The summed E-state index contributed by atoms with van der Waals surface area (Å²) in [5.41, 5.74) is 0. The van der Waals surface area contributed by atoms with Crippen molar-refractivity contribution < 1.29 is 4.74 Å². The second-order valence-corrected chi connectivity index (χ2v) is 3.63. The van der Waals surface area contributed by atoms with Crippen LogP contribution in [-0.4, -0.2) is 25.8 Å². The van der Waals surface area contributed by atoms with Crippen LogP contribution in [0.3, 0.4) is 0 Å². The van der Waals surface area contributed by atoms with E-state index in [1.165, 1.54) is 19.3 Å². The highest BCUT2D eigenvalue weighted by Crippen LogP contribution is 2.20. The molecule has 1 rings (SSSR count). The second kappa shape index (κ2) is 6.01. The molecule has 1 aliphatic carbocycles. The third kappa shape index (κ3) is 3.80. The van der Waals surface area contributed by atoms with Gasteiger partial charge in [0.25, 0.3) is 0 Å². The van der Waals surface area contributed by atoms with Crippen LogP contribution in [0.5, 0.6) is 0 Å². The molecule has 0 aliphatic heterocycles. The number of rotatable bonds is 4.